The third-order valence-electron chi connectivity index (χ3n) is 4.18. The minimum Gasteiger partial charge on any atom is -0.435 e. The van der Waals surface area contributed by atoms with E-state index in [1.807, 2.05) is 0 Å². The number of carbonyl (C=O) groups excluding carboxylic acids is 1. The van der Waals surface area contributed by atoms with E-state index in [4.69, 9.17) is 11.6 Å². The fourth-order valence-corrected chi connectivity index (χ4v) is 3.68. The summed E-state index contributed by atoms with van der Waals surface area (Å²) < 4.78 is 81.8. The quantitative estimate of drug-likeness (QED) is 0.368. The van der Waals surface area contributed by atoms with E-state index in [0.717, 1.165) is 11.3 Å². The monoisotopic (exact) mass is 498 g/mol. The van der Waals surface area contributed by atoms with Gasteiger partial charge in [0, 0.05) is 10.9 Å². The zero-order valence-electron chi connectivity index (χ0n) is 15.9. The number of halogens is 7. The summed E-state index contributed by atoms with van der Waals surface area (Å²) in [6.07, 6.45) is -6.43. The number of alkyl halides is 6. The maximum Gasteiger partial charge on any atom is 0.387 e. The lowest BCUT2D eigenvalue weighted by Crippen LogP contribution is -2.26. The van der Waals surface area contributed by atoms with Gasteiger partial charge in [-0.15, -0.1) is 11.3 Å². The number of benzene rings is 1. The van der Waals surface area contributed by atoms with E-state index in [1.165, 1.54) is 31.2 Å². The fourth-order valence-electron chi connectivity index (χ4n) is 2.67. The number of anilines is 1. The molecule has 3 aromatic rings. The van der Waals surface area contributed by atoms with Crippen molar-refractivity contribution < 1.29 is 35.9 Å². The molecule has 1 atom stereocenters. The van der Waals surface area contributed by atoms with Crippen molar-refractivity contribution >= 4 is 34.0 Å². The number of ether oxygens (including phenoxy) is 1. The molecular weight excluding hydrogens is 486 g/mol. The summed E-state index contributed by atoms with van der Waals surface area (Å²) in [6, 6.07) is 4.19. The molecule has 0 aliphatic heterocycles. The Hall–Kier alpha value is -2.80. The third kappa shape index (κ3) is 5.15. The van der Waals surface area contributed by atoms with E-state index < -0.39 is 47.8 Å². The van der Waals surface area contributed by atoms with Gasteiger partial charge in [0.2, 0.25) is 0 Å². The zero-order valence-corrected chi connectivity index (χ0v) is 17.5. The highest BCUT2D eigenvalue weighted by atomic mass is 35.5. The molecule has 172 valence electrons. The Kier molecular flexibility index (Phi) is 7.29. The van der Waals surface area contributed by atoms with Gasteiger partial charge >= 0.3 is 6.61 Å². The van der Waals surface area contributed by atoms with E-state index in [-0.39, 0.29) is 10.9 Å². The van der Waals surface area contributed by atoms with Crippen LogP contribution in [0, 0.1) is 0 Å². The average Bonchev–Trinajstić information content (AvgIpc) is 3.32. The Balaban J connectivity index is 1.76. The van der Waals surface area contributed by atoms with E-state index in [2.05, 4.69) is 20.1 Å². The molecule has 32 heavy (non-hydrogen) atoms. The predicted molar refractivity (Wildman–Crippen MR) is 105 cm³/mol. The van der Waals surface area contributed by atoms with Gasteiger partial charge in [0.1, 0.15) is 23.2 Å². The topological polar surface area (TPSA) is 69.0 Å². The van der Waals surface area contributed by atoms with E-state index in [0.29, 0.717) is 15.9 Å². The summed E-state index contributed by atoms with van der Waals surface area (Å²) in [5, 5.41) is 6.54. The van der Waals surface area contributed by atoms with Crippen molar-refractivity contribution in [1.82, 2.24) is 14.8 Å². The number of carbonyl (C=O) groups is 1. The lowest BCUT2D eigenvalue weighted by Gasteiger charge is -2.14. The summed E-state index contributed by atoms with van der Waals surface area (Å²) >= 11 is 6.61. The number of nitrogens with one attached hydrogen (secondary N) is 1. The molecule has 0 aliphatic carbocycles. The number of amides is 1. The molecule has 0 fully saturated rings. The number of hydrogen-bond donors (Lipinski definition) is 1. The second-order valence-corrected chi connectivity index (χ2v) is 7.47. The third-order valence-corrected chi connectivity index (χ3v) is 5.33. The van der Waals surface area contributed by atoms with Crippen LogP contribution in [0.5, 0.6) is 5.75 Å². The molecule has 3 rings (SSSR count). The van der Waals surface area contributed by atoms with Crippen LogP contribution in [-0.4, -0.2) is 27.3 Å². The number of aromatic nitrogens is 3. The maximum absolute atomic E-state index is 13.3. The van der Waals surface area contributed by atoms with Crippen molar-refractivity contribution in [3.63, 3.8) is 0 Å². The first-order chi connectivity index (χ1) is 15.1. The van der Waals surface area contributed by atoms with Crippen LogP contribution in [0.4, 0.5) is 31.5 Å². The highest BCUT2D eigenvalue weighted by Crippen LogP contribution is 2.36. The van der Waals surface area contributed by atoms with Gasteiger partial charge in [-0.05, 0) is 31.2 Å². The zero-order chi connectivity index (χ0) is 23.6. The number of hydrogen-bond acceptors (Lipinski definition) is 5. The molecule has 2 heterocycles. The van der Waals surface area contributed by atoms with Gasteiger partial charge < -0.3 is 10.1 Å². The SMILES string of the molecule is CC(C(=O)Nc1nc(-c2ccc(OC(F)F)cc2)cs1)n1nc(C(F)F)c(Cl)c1C(F)F. The van der Waals surface area contributed by atoms with Crippen molar-refractivity contribution in [3.05, 3.63) is 46.1 Å². The van der Waals surface area contributed by atoms with Gasteiger partial charge in [-0.3, -0.25) is 4.79 Å². The molecule has 6 nitrogen and oxygen atoms in total. The normalized spacial score (nSPS) is 12.6. The van der Waals surface area contributed by atoms with Crippen LogP contribution in [0.3, 0.4) is 0 Å². The molecule has 0 aliphatic rings. The molecule has 1 unspecified atom stereocenters. The van der Waals surface area contributed by atoms with Crippen LogP contribution in [0.25, 0.3) is 11.3 Å². The van der Waals surface area contributed by atoms with Gasteiger partial charge in [-0.1, -0.05) is 11.6 Å². The highest BCUT2D eigenvalue weighted by molar-refractivity contribution is 7.14. The average molecular weight is 499 g/mol. The van der Waals surface area contributed by atoms with Gasteiger partial charge in [-0.2, -0.15) is 13.9 Å². The molecule has 0 spiro atoms. The minimum absolute atomic E-state index is 0.0442. The molecule has 14 heteroatoms. The summed E-state index contributed by atoms with van der Waals surface area (Å²) in [5.41, 5.74) is -1.10. The lowest BCUT2D eigenvalue weighted by molar-refractivity contribution is -0.119. The Morgan fingerprint density at radius 1 is 1.12 bits per heavy atom. The Morgan fingerprint density at radius 2 is 1.78 bits per heavy atom. The van der Waals surface area contributed by atoms with Crippen LogP contribution >= 0.6 is 22.9 Å². The van der Waals surface area contributed by atoms with Gasteiger partial charge in [0.15, 0.2) is 5.13 Å². The Morgan fingerprint density at radius 3 is 2.34 bits per heavy atom. The predicted octanol–water partition coefficient (Wildman–Crippen LogP) is 6.34. The first-order valence-electron chi connectivity index (χ1n) is 8.74. The molecule has 1 aromatic carbocycles. The first-order valence-corrected chi connectivity index (χ1v) is 10.00. The lowest BCUT2D eigenvalue weighted by atomic mass is 10.2. The molecule has 1 N–H and O–H groups in total. The number of rotatable bonds is 8. The summed E-state index contributed by atoms with van der Waals surface area (Å²) in [7, 11) is 0. The summed E-state index contributed by atoms with van der Waals surface area (Å²) in [4.78, 5) is 16.7. The Bertz CT molecular complexity index is 1090. The van der Waals surface area contributed by atoms with Gasteiger partial charge in [0.25, 0.3) is 18.8 Å². The molecule has 0 radical (unpaired) electrons. The van der Waals surface area contributed by atoms with Crippen molar-refractivity contribution in [3.8, 4) is 17.0 Å². The second-order valence-electron chi connectivity index (χ2n) is 6.24. The molecule has 0 bridgehead atoms. The molecule has 0 saturated carbocycles. The standard InChI is InChI=1S/C18H13ClF6N4O2S/c1-7(29-13(15(22)23)11(19)12(28-29)14(20)21)16(30)27-18-26-10(6-32-18)8-2-4-9(5-3-8)31-17(24)25/h2-7,14-15,17H,1H3,(H,26,27,30). The van der Waals surface area contributed by atoms with E-state index >= 15 is 0 Å². The van der Waals surface area contributed by atoms with Crippen LogP contribution in [0.2, 0.25) is 5.02 Å². The van der Waals surface area contributed by atoms with Crippen LogP contribution in [0.15, 0.2) is 29.6 Å². The fraction of sp³-hybridized carbons (Fsp3) is 0.278. The minimum atomic E-state index is -3.23. The summed E-state index contributed by atoms with van der Waals surface area (Å²) in [6.45, 7) is -1.77. The number of thiazole rings is 1. The smallest absolute Gasteiger partial charge is 0.387 e. The molecule has 0 saturated heterocycles. The maximum atomic E-state index is 13.3. The number of nitrogens with zero attached hydrogens (tertiary/aromatic N) is 3. The van der Waals surface area contributed by atoms with Gasteiger partial charge in [-0.25, -0.2) is 27.2 Å². The molecule has 2 aromatic heterocycles. The highest BCUT2D eigenvalue weighted by Gasteiger charge is 2.32. The largest absolute Gasteiger partial charge is 0.435 e. The van der Waals surface area contributed by atoms with Crippen LogP contribution in [-0.2, 0) is 4.79 Å². The van der Waals surface area contributed by atoms with Crippen molar-refractivity contribution in [1.29, 1.82) is 0 Å². The molecule has 1 amide bonds. The van der Waals surface area contributed by atoms with Crippen molar-refractivity contribution in [2.75, 3.05) is 5.32 Å². The van der Waals surface area contributed by atoms with E-state index in [9.17, 15) is 31.1 Å². The van der Waals surface area contributed by atoms with Crippen molar-refractivity contribution in [2.45, 2.75) is 32.4 Å². The van der Waals surface area contributed by atoms with Gasteiger partial charge in [0.05, 0.1) is 10.7 Å². The van der Waals surface area contributed by atoms with E-state index in [1.54, 1.807) is 5.38 Å². The van der Waals surface area contributed by atoms with Crippen LogP contribution < -0.4 is 10.1 Å². The Labute approximate surface area is 185 Å². The second kappa shape index (κ2) is 9.77. The van der Waals surface area contributed by atoms with Crippen LogP contribution in [0.1, 0.15) is 37.2 Å². The molecular formula is C18H13ClF6N4O2S. The first kappa shape index (κ1) is 23.9. The van der Waals surface area contributed by atoms with Crippen molar-refractivity contribution in [2.24, 2.45) is 0 Å². The summed E-state index contributed by atoms with van der Waals surface area (Å²) in [5.74, 6) is -0.884.